The van der Waals surface area contributed by atoms with Gasteiger partial charge in [-0.2, -0.15) is 0 Å². The van der Waals surface area contributed by atoms with Crippen LogP contribution in [-0.2, 0) is 0 Å². The maximum atomic E-state index is 9.84. The lowest BCUT2D eigenvalue weighted by atomic mass is 9.94. The molecular weight excluding hydrogens is 174 g/mol. The third-order valence-corrected chi connectivity index (χ3v) is 2.75. The fourth-order valence-corrected chi connectivity index (χ4v) is 1.72. The van der Waals surface area contributed by atoms with Gasteiger partial charge in [0, 0.05) is 0 Å². The Balaban J connectivity index is 3.26. The van der Waals surface area contributed by atoms with E-state index in [0.717, 1.165) is 19.3 Å². The van der Waals surface area contributed by atoms with Crippen LogP contribution in [0.3, 0.4) is 0 Å². The van der Waals surface area contributed by atoms with Gasteiger partial charge < -0.3 is 10.8 Å². The van der Waals surface area contributed by atoms with E-state index in [2.05, 4.69) is 6.92 Å². The molecule has 0 aliphatic carbocycles. The zero-order valence-corrected chi connectivity index (χ0v) is 9.89. The van der Waals surface area contributed by atoms with Gasteiger partial charge in [0.15, 0.2) is 0 Å². The number of aliphatic hydroxyl groups is 1. The molecule has 0 heterocycles. The molecule has 0 aromatic carbocycles. The van der Waals surface area contributed by atoms with Crippen molar-refractivity contribution >= 4 is 0 Å². The third-order valence-electron chi connectivity index (χ3n) is 2.75. The molecule has 0 spiro atoms. The van der Waals surface area contributed by atoms with Crippen LogP contribution < -0.4 is 5.73 Å². The van der Waals surface area contributed by atoms with Gasteiger partial charge in [-0.3, -0.25) is 0 Å². The summed E-state index contributed by atoms with van der Waals surface area (Å²) in [7, 11) is 0. The van der Waals surface area contributed by atoms with Crippen LogP contribution in [0.2, 0.25) is 0 Å². The number of hydrogen-bond donors (Lipinski definition) is 2. The number of unbranched alkanes of at least 4 members (excludes halogenated alkanes) is 5. The zero-order valence-electron chi connectivity index (χ0n) is 9.89. The Morgan fingerprint density at radius 3 is 2.14 bits per heavy atom. The van der Waals surface area contributed by atoms with Gasteiger partial charge in [-0.25, -0.2) is 0 Å². The summed E-state index contributed by atoms with van der Waals surface area (Å²) in [4.78, 5) is 0. The number of hydrogen-bond acceptors (Lipinski definition) is 2. The fraction of sp³-hybridized carbons (Fsp3) is 1.00. The van der Waals surface area contributed by atoms with Crippen molar-refractivity contribution in [3.8, 4) is 0 Å². The summed E-state index contributed by atoms with van der Waals surface area (Å²) in [5.74, 6) is 0. The molecule has 0 aromatic heterocycles. The van der Waals surface area contributed by atoms with Gasteiger partial charge in [0.25, 0.3) is 0 Å². The zero-order chi connectivity index (χ0) is 10.9. The summed E-state index contributed by atoms with van der Waals surface area (Å²) in [5.41, 5.74) is 4.90. The van der Waals surface area contributed by atoms with E-state index in [4.69, 9.17) is 5.73 Å². The van der Waals surface area contributed by atoms with Crippen LogP contribution in [0.25, 0.3) is 0 Å². The number of rotatable bonds is 9. The van der Waals surface area contributed by atoms with Gasteiger partial charge >= 0.3 is 0 Å². The van der Waals surface area contributed by atoms with Crippen molar-refractivity contribution in [1.29, 1.82) is 0 Å². The predicted octanol–water partition coefficient (Wildman–Crippen LogP) is 2.84. The maximum Gasteiger partial charge on any atom is 0.0631 e. The topological polar surface area (TPSA) is 46.2 Å². The molecule has 2 heteroatoms. The Hall–Kier alpha value is -0.0800. The summed E-state index contributed by atoms with van der Waals surface area (Å²) < 4.78 is 0. The molecule has 0 saturated carbocycles. The Morgan fingerprint density at radius 1 is 1.00 bits per heavy atom. The first-order chi connectivity index (χ1) is 6.62. The van der Waals surface area contributed by atoms with Gasteiger partial charge in [-0.05, 0) is 26.3 Å². The van der Waals surface area contributed by atoms with Crippen LogP contribution in [0.15, 0.2) is 0 Å². The van der Waals surface area contributed by atoms with Crippen LogP contribution in [-0.4, -0.2) is 17.3 Å². The minimum atomic E-state index is -0.528. The Kier molecular flexibility index (Phi) is 8.20. The third kappa shape index (κ3) is 8.52. The smallest absolute Gasteiger partial charge is 0.0631 e. The minimum Gasteiger partial charge on any atom is -0.390 e. The summed E-state index contributed by atoms with van der Waals surface area (Å²) in [6.45, 7) is 4.71. The summed E-state index contributed by atoms with van der Waals surface area (Å²) in [6.07, 6.45) is 9.31. The van der Waals surface area contributed by atoms with E-state index in [0.29, 0.717) is 6.54 Å². The number of nitrogens with two attached hydrogens (primary N) is 1. The molecular formula is C12H27NO. The van der Waals surface area contributed by atoms with Crippen molar-refractivity contribution in [2.24, 2.45) is 5.73 Å². The highest BCUT2D eigenvalue weighted by Crippen LogP contribution is 2.18. The van der Waals surface area contributed by atoms with Gasteiger partial charge in [0.05, 0.1) is 5.60 Å². The van der Waals surface area contributed by atoms with Crippen LogP contribution in [0, 0.1) is 0 Å². The lowest BCUT2D eigenvalue weighted by molar-refractivity contribution is 0.0418. The van der Waals surface area contributed by atoms with Crippen molar-refractivity contribution in [1.82, 2.24) is 0 Å². The summed E-state index contributed by atoms with van der Waals surface area (Å²) in [6, 6.07) is 0. The molecule has 1 unspecified atom stereocenters. The highest BCUT2D eigenvalue weighted by atomic mass is 16.3. The Bertz CT molecular complexity index is 123. The first kappa shape index (κ1) is 13.9. The SMILES string of the molecule is CCCCCCCCC(C)(O)CCN. The predicted molar refractivity (Wildman–Crippen MR) is 62.3 cm³/mol. The van der Waals surface area contributed by atoms with E-state index >= 15 is 0 Å². The van der Waals surface area contributed by atoms with E-state index in [-0.39, 0.29) is 0 Å². The quantitative estimate of drug-likeness (QED) is 0.563. The first-order valence-corrected chi connectivity index (χ1v) is 6.05. The van der Waals surface area contributed by atoms with Crippen LogP contribution in [0.1, 0.15) is 65.2 Å². The molecule has 0 rings (SSSR count). The molecule has 0 radical (unpaired) electrons. The molecule has 0 aliphatic rings. The van der Waals surface area contributed by atoms with Crippen LogP contribution >= 0.6 is 0 Å². The second kappa shape index (κ2) is 8.25. The highest BCUT2D eigenvalue weighted by Gasteiger charge is 2.17. The Labute approximate surface area is 88.9 Å². The second-order valence-electron chi connectivity index (χ2n) is 4.55. The molecule has 0 bridgehead atoms. The maximum absolute atomic E-state index is 9.84. The summed E-state index contributed by atoms with van der Waals surface area (Å²) >= 11 is 0. The van der Waals surface area contributed by atoms with Crippen molar-refractivity contribution in [3.63, 3.8) is 0 Å². The highest BCUT2D eigenvalue weighted by molar-refractivity contribution is 4.72. The van der Waals surface area contributed by atoms with Gasteiger partial charge in [-0.15, -0.1) is 0 Å². The van der Waals surface area contributed by atoms with Crippen molar-refractivity contribution in [2.45, 2.75) is 70.8 Å². The average molecular weight is 201 g/mol. The molecule has 0 aromatic rings. The molecule has 0 saturated heterocycles. The Morgan fingerprint density at radius 2 is 1.57 bits per heavy atom. The van der Waals surface area contributed by atoms with E-state index in [1.54, 1.807) is 0 Å². The van der Waals surface area contributed by atoms with Gasteiger partial charge in [-0.1, -0.05) is 45.4 Å². The van der Waals surface area contributed by atoms with Crippen LogP contribution in [0.4, 0.5) is 0 Å². The van der Waals surface area contributed by atoms with E-state index < -0.39 is 5.60 Å². The van der Waals surface area contributed by atoms with E-state index in [9.17, 15) is 5.11 Å². The van der Waals surface area contributed by atoms with Crippen LogP contribution in [0.5, 0.6) is 0 Å². The first-order valence-electron chi connectivity index (χ1n) is 6.05. The molecule has 3 N–H and O–H groups in total. The van der Waals surface area contributed by atoms with Crippen molar-refractivity contribution < 1.29 is 5.11 Å². The lowest BCUT2D eigenvalue weighted by Gasteiger charge is -2.22. The molecule has 86 valence electrons. The summed E-state index contributed by atoms with van der Waals surface area (Å²) in [5, 5.41) is 9.84. The molecule has 0 aliphatic heterocycles. The molecule has 14 heavy (non-hydrogen) atoms. The molecule has 0 fully saturated rings. The van der Waals surface area contributed by atoms with Gasteiger partial charge in [0.2, 0.25) is 0 Å². The molecule has 2 nitrogen and oxygen atoms in total. The lowest BCUT2D eigenvalue weighted by Crippen LogP contribution is -2.27. The average Bonchev–Trinajstić information content (AvgIpc) is 2.11. The van der Waals surface area contributed by atoms with Gasteiger partial charge in [0.1, 0.15) is 0 Å². The fourth-order valence-electron chi connectivity index (χ4n) is 1.72. The second-order valence-corrected chi connectivity index (χ2v) is 4.55. The van der Waals surface area contributed by atoms with E-state index in [1.165, 1.54) is 32.1 Å². The minimum absolute atomic E-state index is 0.528. The van der Waals surface area contributed by atoms with Crippen molar-refractivity contribution in [3.05, 3.63) is 0 Å². The monoisotopic (exact) mass is 201 g/mol. The standard InChI is InChI=1S/C12H27NO/c1-3-4-5-6-7-8-9-12(2,14)10-11-13/h14H,3-11,13H2,1-2H3. The molecule has 0 amide bonds. The van der Waals surface area contributed by atoms with E-state index in [1.807, 2.05) is 6.92 Å². The van der Waals surface area contributed by atoms with Crippen molar-refractivity contribution in [2.75, 3.05) is 6.54 Å². The molecule has 1 atom stereocenters. The largest absolute Gasteiger partial charge is 0.390 e. The normalized spacial score (nSPS) is 15.4.